The Kier molecular flexibility index (Phi) is 7.75. The number of anilines is 1. The molecule has 5 rings (SSSR count). The zero-order valence-corrected chi connectivity index (χ0v) is 22.4. The molecule has 4 aromatic rings. The van der Waals surface area contributed by atoms with E-state index in [4.69, 9.17) is 18.9 Å². The van der Waals surface area contributed by atoms with Crippen LogP contribution in [0.4, 0.5) is 5.82 Å². The first kappa shape index (κ1) is 27.5. The number of nitrogens with zero attached hydrogens (tertiary/aromatic N) is 5. The average molecular weight is 559 g/mol. The monoisotopic (exact) mass is 558 g/mol. The molecule has 0 amide bonds. The fourth-order valence-corrected chi connectivity index (χ4v) is 4.82. The lowest BCUT2D eigenvalue weighted by atomic mass is 10.0. The van der Waals surface area contributed by atoms with Crippen molar-refractivity contribution in [3.05, 3.63) is 60.2 Å². The van der Waals surface area contributed by atoms with Crippen molar-refractivity contribution in [1.82, 2.24) is 19.5 Å². The molecule has 0 aliphatic carbocycles. The van der Waals surface area contributed by atoms with Crippen molar-refractivity contribution >= 4 is 45.7 Å². The Morgan fingerprint density at radius 2 is 1.73 bits per heavy atom. The molecule has 0 saturated carbocycles. The molecule has 41 heavy (non-hydrogen) atoms. The largest absolute Gasteiger partial charge is 0.463 e. The van der Waals surface area contributed by atoms with Crippen molar-refractivity contribution in [3.63, 3.8) is 0 Å². The van der Waals surface area contributed by atoms with E-state index in [1.165, 1.54) is 31.7 Å². The van der Waals surface area contributed by atoms with Crippen molar-refractivity contribution in [1.29, 1.82) is 5.26 Å². The maximum absolute atomic E-state index is 12.0. The molecule has 0 unspecified atom stereocenters. The third-order valence-electron chi connectivity index (χ3n) is 6.46. The number of aromatic nitrogens is 4. The zero-order valence-electron chi connectivity index (χ0n) is 22.4. The van der Waals surface area contributed by atoms with Gasteiger partial charge in [0.2, 0.25) is 5.82 Å². The Labute approximate surface area is 234 Å². The number of carbonyl (C=O) groups excluding carboxylic acids is 3. The second kappa shape index (κ2) is 11.6. The third-order valence-corrected chi connectivity index (χ3v) is 6.46. The number of nitrogens with one attached hydrogen (secondary N) is 1. The van der Waals surface area contributed by atoms with Crippen LogP contribution >= 0.6 is 0 Å². The summed E-state index contributed by atoms with van der Waals surface area (Å²) in [6, 6.07) is 15.9. The van der Waals surface area contributed by atoms with Crippen LogP contribution < -0.4 is 5.32 Å². The first-order valence-corrected chi connectivity index (χ1v) is 12.7. The van der Waals surface area contributed by atoms with Gasteiger partial charge in [-0.2, -0.15) is 15.2 Å². The second-order valence-electron chi connectivity index (χ2n) is 9.34. The van der Waals surface area contributed by atoms with Crippen LogP contribution in [0.15, 0.2) is 48.8 Å². The van der Waals surface area contributed by atoms with E-state index >= 15 is 0 Å². The highest BCUT2D eigenvalue weighted by Crippen LogP contribution is 2.36. The number of hydrogen-bond donors (Lipinski definition) is 1. The molecule has 3 heterocycles. The van der Waals surface area contributed by atoms with Gasteiger partial charge < -0.3 is 24.3 Å². The summed E-state index contributed by atoms with van der Waals surface area (Å²) in [5, 5.41) is 15.1. The number of fused-ring (bicyclic) bond motifs is 2. The summed E-state index contributed by atoms with van der Waals surface area (Å²) in [5.41, 5.74) is 1.56. The lowest BCUT2D eigenvalue weighted by Gasteiger charge is -2.23. The van der Waals surface area contributed by atoms with Crippen molar-refractivity contribution < 1.29 is 33.3 Å². The number of benzene rings is 2. The standard InChI is InChI=1S/C28H26N6O7/c1-15(35)38-13-21-24(39-16(2)36)25(40-17(3)37)28(41-21)34-14-31-23-26(32-22(11-29)33-27(23)34)30-12-19-9-6-8-18-7-4-5-10-20(18)19/h4-10,14,21,24-25,28H,12-13H2,1-3H3,(H,30,32,33)/t21-,24+,25+,28+/m0/s1. The molecule has 13 heteroatoms. The Hall–Kier alpha value is -5.09. The predicted molar refractivity (Wildman–Crippen MR) is 143 cm³/mol. The Balaban J connectivity index is 1.52. The van der Waals surface area contributed by atoms with E-state index in [0.717, 1.165) is 16.3 Å². The summed E-state index contributed by atoms with van der Waals surface area (Å²) in [5.74, 6) is -1.68. The molecule has 1 saturated heterocycles. The minimum absolute atomic E-state index is 0.130. The number of nitriles is 1. The summed E-state index contributed by atoms with van der Waals surface area (Å²) in [6.07, 6.45) is -2.87. The molecule has 1 fully saturated rings. The van der Waals surface area contributed by atoms with Gasteiger partial charge in [0.15, 0.2) is 35.4 Å². The fraction of sp³-hybridized carbons (Fsp3) is 0.321. The number of esters is 3. The topological polar surface area (TPSA) is 168 Å². The van der Waals surface area contributed by atoms with Gasteiger partial charge in [-0.15, -0.1) is 0 Å². The Bertz CT molecular complexity index is 1670. The summed E-state index contributed by atoms with van der Waals surface area (Å²) in [4.78, 5) is 48.6. The van der Waals surface area contributed by atoms with Gasteiger partial charge in [0, 0.05) is 27.3 Å². The number of hydrogen-bond acceptors (Lipinski definition) is 12. The van der Waals surface area contributed by atoms with Crippen LogP contribution in [0.5, 0.6) is 0 Å². The minimum atomic E-state index is -1.14. The van der Waals surface area contributed by atoms with Crippen molar-refractivity contribution in [2.24, 2.45) is 0 Å². The zero-order chi connectivity index (χ0) is 29.1. The molecule has 13 nitrogen and oxygen atoms in total. The molecule has 1 N–H and O–H groups in total. The lowest BCUT2D eigenvalue weighted by molar-refractivity contribution is -0.166. The van der Waals surface area contributed by atoms with Crippen molar-refractivity contribution in [2.45, 2.75) is 51.9 Å². The molecule has 0 radical (unpaired) electrons. The fourth-order valence-electron chi connectivity index (χ4n) is 4.82. The molecular formula is C28H26N6O7. The van der Waals surface area contributed by atoms with Gasteiger partial charge in [-0.25, -0.2) is 4.98 Å². The van der Waals surface area contributed by atoms with E-state index in [2.05, 4.69) is 20.3 Å². The van der Waals surface area contributed by atoms with E-state index in [1.807, 2.05) is 48.5 Å². The maximum atomic E-state index is 12.0. The molecule has 0 spiro atoms. The predicted octanol–water partition coefficient (Wildman–Crippen LogP) is 2.79. The van der Waals surface area contributed by atoms with Crippen molar-refractivity contribution in [2.75, 3.05) is 11.9 Å². The van der Waals surface area contributed by atoms with Gasteiger partial charge in [-0.1, -0.05) is 42.5 Å². The SMILES string of the molecule is CC(=O)OC[C@@H]1O[C@@H](n2cnc3c(NCc4cccc5ccccc45)nc(C#N)nc32)[C@H](OC(C)=O)[C@@H]1OC(C)=O. The van der Waals surface area contributed by atoms with E-state index in [9.17, 15) is 19.6 Å². The molecule has 2 aromatic heterocycles. The molecule has 1 aliphatic rings. The van der Waals surface area contributed by atoms with Gasteiger partial charge in [-0.3, -0.25) is 19.0 Å². The summed E-state index contributed by atoms with van der Waals surface area (Å²) >= 11 is 0. The van der Waals surface area contributed by atoms with Crippen LogP contribution in [0.2, 0.25) is 0 Å². The van der Waals surface area contributed by atoms with Crippen LogP contribution in [0.25, 0.3) is 21.9 Å². The summed E-state index contributed by atoms with van der Waals surface area (Å²) < 4.78 is 23.6. The minimum Gasteiger partial charge on any atom is -0.463 e. The highest BCUT2D eigenvalue weighted by Gasteiger charge is 2.51. The molecule has 210 valence electrons. The highest BCUT2D eigenvalue weighted by molar-refractivity contribution is 5.87. The van der Waals surface area contributed by atoms with Gasteiger partial charge >= 0.3 is 17.9 Å². The average Bonchev–Trinajstić information content (AvgIpc) is 3.51. The van der Waals surface area contributed by atoms with Crippen molar-refractivity contribution in [3.8, 4) is 6.07 Å². The van der Waals surface area contributed by atoms with Gasteiger partial charge in [0.25, 0.3) is 0 Å². The van der Waals surface area contributed by atoms with Crippen LogP contribution in [0.1, 0.15) is 38.4 Å². The molecule has 0 bridgehead atoms. The van der Waals surface area contributed by atoms with Gasteiger partial charge in [0.1, 0.15) is 18.8 Å². The Morgan fingerprint density at radius 3 is 2.46 bits per heavy atom. The number of ether oxygens (including phenoxy) is 4. The van der Waals surface area contributed by atoms with E-state index in [-0.39, 0.29) is 18.1 Å². The summed E-state index contributed by atoms with van der Waals surface area (Å²) in [7, 11) is 0. The smallest absolute Gasteiger partial charge is 0.303 e. The van der Waals surface area contributed by atoms with Crippen LogP contribution in [-0.4, -0.2) is 62.3 Å². The normalized spacial score (nSPS) is 20.0. The van der Waals surface area contributed by atoms with Crippen LogP contribution in [0.3, 0.4) is 0 Å². The maximum Gasteiger partial charge on any atom is 0.303 e. The quantitative estimate of drug-likeness (QED) is 0.248. The molecule has 1 aliphatic heterocycles. The van der Waals surface area contributed by atoms with Crippen LogP contribution in [-0.2, 0) is 39.9 Å². The first-order chi connectivity index (χ1) is 19.7. The second-order valence-corrected chi connectivity index (χ2v) is 9.34. The lowest BCUT2D eigenvalue weighted by Crippen LogP contribution is -2.40. The van der Waals surface area contributed by atoms with E-state index in [1.54, 1.807) is 0 Å². The first-order valence-electron chi connectivity index (χ1n) is 12.7. The van der Waals surface area contributed by atoms with Crippen LogP contribution in [0, 0.1) is 11.3 Å². The van der Waals surface area contributed by atoms with E-state index in [0.29, 0.717) is 17.9 Å². The number of imidazole rings is 1. The van der Waals surface area contributed by atoms with Gasteiger partial charge in [0.05, 0.1) is 6.33 Å². The third kappa shape index (κ3) is 5.78. The molecule has 2 aromatic carbocycles. The number of carbonyl (C=O) groups is 3. The molecule has 4 atom stereocenters. The highest BCUT2D eigenvalue weighted by atomic mass is 16.7. The molecular weight excluding hydrogens is 532 g/mol. The van der Waals surface area contributed by atoms with E-state index < -0.39 is 42.4 Å². The van der Waals surface area contributed by atoms with Gasteiger partial charge in [-0.05, 0) is 16.3 Å². The summed E-state index contributed by atoms with van der Waals surface area (Å²) in [6.45, 7) is 3.77. The Morgan fingerprint density at radius 1 is 1.00 bits per heavy atom. The number of rotatable bonds is 8.